The molecule has 1 heterocycles. The first kappa shape index (κ1) is 10.4. The molecule has 0 radical (unpaired) electrons. The maximum Gasteiger partial charge on any atom is 0.338 e. The van der Waals surface area contributed by atoms with Gasteiger partial charge in [-0.1, -0.05) is 24.4 Å². The largest absolute Gasteiger partial charge is 0.462 e. The molecule has 4 heteroatoms. The third-order valence-corrected chi connectivity index (χ3v) is 2.63. The number of carbonyl (C=O) groups excluding carboxylic acids is 1. The highest BCUT2D eigenvalue weighted by Gasteiger charge is 2.21. The molecule has 0 aromatic carbocycles. The van der Waals surface area contributed by atoms with Crippen molar-refractivity contribution in [3.63, 3.8) is 0 Å². The van der Waals surface area contributed by atoms with Crippen molar-refractivity contribution in [1.82, 2.24) is 4.98 Å². The molecule has 0 saturated heterocycles. The van der Waals surface area contributed by atoms with Gasteiger partial charge < -0.3 is 4.74 Å². The van der Waals surface area contributed by atoms with Crippen molar-refractivity contribution in [2.45, 2.75) is 19.3 Å². The Morgan fingerprint density at radius 2 is 2.40 bits per heavy atom. The predicted molar refractivity (Wildman–Crippen MR) is 56.9 cm³/mol. The number of aromatic nitrogens is 1. The molecule has 1 fully saturated rings. The Morgan fingerprint density at radius 3 is 3.07 bits per heavy atom. The predicted octanol–water partition coefficient (Wildman–Crippen LogP) is 2.69. The van der Waals surface area contributed by atoms with Gasteiger partial charge in [0.15, 0.2) is 0 Å². The van der Waals surface area contributed by atoms with E-state index in [1.807, 2.05) is 0 Å². The Kier molecular flexibility index (Phi) is 3.21. The van der Waals surface area contributed by atoms with E-state index in [0.29, 0.717) is 17.3 Å². The first-order valence-electron chi connectivity index (χ1n) is 5.04. The van der Waals surface area contributed by atoms with Crippen LogP contribution in [0.25, 0.3) is 0 Å². The summed E-state index contributed by atoms with van der Waals surface area (Å²) in [4.78, 5) is 15.3. The zero-order chi connectivity index (χ0) is 10.7. The molecule has 1 saturated carbocycles. The molecule has 1 aliphatic carbocycles. The molecular formula is C11H12ClNO2. The summed E-state index contributed by atoms with van der Waals surface area (Å²) in [5, 5.41) is 0.312. The van der Waals surface area contributed by atoms with Crippen LogP contribution in [-0.2, 0) is 4.74 Å². The Morgan fingerprint density at radius 1 is 1.60 bits per heavy atom. The molecule has 1 aromatic rings. The van der Waals surface area contributed by atoms with Crippen LogP contribution in [0.4, 0.5) is 0 Å². The first-order chi connectivity index (χ1) is 7.25. The second kappa shape index (κ2) is 4.62. The second-order valence-corrected chi connectivity index (χ2v) is 4.12. The molecule has 0 atom stereocenters. The van der Waals surface area contributed by atoms with E-state index in [2.05, 4.69) is 4.98 Å². The van der Waals surface area contributed by atoms with Crippen molar-refractivity contribution in [3.05, 3.63) is 29.0 Å². The molecule has 0 spiro atoms. The van der Waals surface area contributed by atoms with Gasteiger partial charge >= 0.3 is 5.97 Å². The number of esters is 1. The minimum Gasteiger partial charge on any atom is -0.462 e. The van der Waals surface area contributed by atoms with Crippen LogP contribution in [-0.4, -0.2) is 17.6 Å². The fourth-order valence-electron chi connectivity index (χ4n) is 1.34. The minimum absolute atomic E-state index is 0.312. The molecule has 2 rings (SSSR count). The van der Waals surface area contributed by atoms with E-state index >= 15 is 0 Å². The maximum absolute atomic E-state index is 11.5. The minimum atomic E-state index is -0.319. The third-order valence-electron chi connectivity index (χ3n) is 2.42. The average Bonchev–Trinajstić information content (AvgIpc) is 3.01. The van der Waals surface area contributed by atoms with Crippen LogP contribution in [0, 0.1) is 5.92 Å². The number of hydrogen-bond acceptors (Lipinski definition) is 3. The van der Waals surface area contributed by atoms with Crippen molar-refractivity contribution < 1.29 is 9.53 Å². The van der Waals surface area contributed by atoms with Gasteiger partial charge in [0.25, 0.3) is 0 Å². The van der Waals surface area contributed by atoms with Crippen molar-refractivity contribution in [2.24, 2.45) is 5.92 Å². The molecule has 3 nitrogen and oxygen atoms in total. The third kappa shape index (κ3) is 3.20. The van der Waals surface area contributed by atoms with E-state index in [-0.39, 0.29) is 5.97 Å². The van der Waals surface area contributed by atoms with Gasteiger partial charge in [0, 0.05) is 6.20 Å². The smallest absolute Gasteiger partial charge is 0.338 e. The normalized spacial score (nSPS) is 15.0. The zero-order valence-corrected chi connectivity index (χ0v) is 9.04. The summed E-state index contributed by atoms with van der Waals surface area (Å²) in [5.74, 6) is 0.457. The lowest BCUT2D eigenvalue weighted by molar-refractivity contribution is 0.0495. The van der Waals surface area contributed by atoms with E-state index in [0.717, 1.165) is 12.3 Å². The van der Waals surface area contributed by atoms with Crippen molar-refractivity contribution in [2.75, 3.05) is 6.61 Å². The van der Waals surface area contributed by atoms with Crippen LogP contribution in [0.2, 0.25) is 5.15 Å². The Balaban J connectivity index is 1.83. The molecule has 0 N–H and O–H groups in total. The highest BCUT2D eigenvalue weighted by atomic mass is 35.5. The van der Waals surface area contributed by atoms with Crippen molar-refractivity contribution >= 4 is 17.6 Å². The summed E-state index contributed by atoms with van der Waals surface area (Å²) in [6.45, 7) is 0.503. The van der Waals surface area contributed by atoms with Crippen LogP contribution in [0.15, 0.2) is 18.3 Å². The van der Waals surface area contributed by atoms with E-state index in [1.54, 1.807) is 6.07 Å². The standard InChI is InChI=1S/C11H12ClNO2/c12-10-7-9(3-5-13-10)11(14)15-6-4-8-1-2-8/h3,5,7-8H,1-2,4,6H2. The SMILES string of the molecule is O=C(OCCC1CC1)c1ccnc(Cl)c1. The lowest BCUT2D eigenvalue weighted by atomic mass is 10.3. The Hall–Kier alpha value is -1.09. The van der Waals surface area contributed by atoms with E-state index in [4.69, 9.17) is 16.3 Å². The molecule has 0 unspecified atom stereocenters. The number of hydrogen-bond donors (Lipinski definition) is 0. The highest BCUT2D eigenvalue weighted by molar-refractivity contribution is 6.29. The fraction of sp³-hybridized carbons (Fsp3) is 0.455. The first-order valence-corrected chi connectivity index (χ1v) is 5.42. The lowest BCUT2D eigenvalue weighted by Crippen LogP contribution is -2.07. The van der Waals surface area contributed by atoms with E-state index in [1.165, 1.54) is 25.1 Å². The van der Waals surface area contributed by atoms with Crippen LogP contribution >= 0.6 is 11.6 Å². The summed E-state index contributed by atoms with van der Waals surface area (Å²) in [7, 11) is 0. The molecular weight excluding hydrogens is 214 g/mol. The second-order valence-electron chi connectivity index (χ2n) is 3.74. The monoisotopic (exact) mass is 225 g/mol. The van der Waals surface area contributed by atoms with Gasteiger partial charge in [0.2, 0.25) is 0 Å². The van der Waals surface area contributed by atoms with E-state index in [9.17, 15) is 4.79 Å². The molecule has 0 aliphatic heterocycles. The van der Waals surface area contributed by atoms with E-state index < -0.39 is 0 Å². The maximum atomic E-state index is 11.5. The Labute approximate surface area is 93.4 Å². The fourth-order valence-corrected chi connectivity index (χ4v) is 1.51. The summed E-state index contributed by atoms with van der Waals surface area (Å²) in [5.41, 5.74) is 0.464. The topological polar surface area (TPSA) is 39.2 Å². The van der Waals surface area contributed by atoms with Crippen LogP contribution < -0.4 is 0 Å². The summed E-state index contributed by atoms with van der Waals surface area (Å²) in [6, 6.07) is 3.12. The number of ether oxygens (including phenoxy) is 1. The highest BCUT2D eigenvalue weighted by Crippen LogP contribution is 2.32. The quantitative estimate of drug-likeness (QED) is 0.584. The van der Waals surface area contributed by atoms with Gasteiger partial charge in [0.05, 0.1) is 12.2 Å². The van der Waals surface area contributed by atoms with Crippen molar-refractivity contribution in [3.8, 4) is 0 Å². The van der Waals surface area contributed by atoms with Crippen LogP contribution in [0.5, 0.6) is 0 Å². The van der Waals surface area contributed by atoms with Gasteiger partial charge in [-0.25, -0.2) is 9.78 Å². The van der Waals surface area contributed by atoms with Gasteiger partial charge in [-0.2, -0.15) is 0 Å². The van der Waals surface area contributed by atoms with Crippen LogP contribution in [0.1, 0.15) is 29.6 Å². The summed E-state index contributed by atoms with van der Waals surface area (Å²) < 4.78 is 5.11. The molecule has 0 bridgehead atoms. The van der Waals surface area contributed by atoms with Crippen molar-refractivity contribution in [1.29, 1.82) is 0 Å². The molecule has 0 amide bonds. The molecule has 80 valence electrons. The number of pyridine rings is 1. The zero-order valence-electron chi connectivity index (χ0n) is 8.28. The summed E-state index contributed by atoms with van der Waals surface area (Å²) in [6.07, 6.45) is 5.03. The number of nitrogens with zero attached hydrogens (tertiary/aromatic N) is 1. The average molecular weight is 226 g/mol. The van der Waals surface area contributed by atoms with Gasteiger partial charge in [-0.3, -0.25) is 0 Å². The summed E-state index contributed by atoms with van der Waals surface area (Å²) >= 11 is 5.66. The lowest BCUT2D eigenvalue weighted by Gasteiger charge is -2.03. The number of rotatable bonds is 4. The molecule has 1 aliphatic rings. The van der Waals surface area contributed by atoms with Gasteiger partial charge in [-0.15, -0.1) is 0 Å². The Bertz CT molecular complexity index is 363. The molecule has 1 aromatic heterocycles. The molecule has 15 heavy (non-hydrogen) atoms. The van der Waals surface area contributed by atoms with Gasteiger partial charge in [0.1, 0.15) is 5.15 Å². The number of halogens is 1. The van der Waals surface area contributed by atoms with Crippen LogP contribution in [0.3, 0.4) is 0 Å². The number of carbonyl (C=O) groups is 1. The van der Waals surface area contributed by atoms with Gasteiger partial charge in [-0.05, 0) is 24.5 Å².